The normalized spacial score (nSPS) is 10.6. The Bertz CT molecular complexity index is 1390. The van der Waals surface area contributed by atoms with Crippen molar-refractivity contribution >= 4 is 81.1 Å². The Labute approximate surface area is 248 Å². The molecule has 0 radical (unpaired) electrons. The Kier molecular flexibility index (Phi) is 11.2. The van der Waals surface area contributed by atoms with Gasteiger partial charge in [0.2, 0.25) is 0 Å². The van der Waals surface area contributed by atoms with Crippen LogP contribution in [0.4, 0.5) is 11.4 Å². The van der Waals surface area contributed by atoms with E-state index < -0.39 is 11.8 Å². The van der Waals surface area contributed by atoms with Gasteiger partial charge in [-0.2, -0.15) is 5.10 Å². The molecule has 0 atom stereocenters. The summed E-state index contributed by atoms with van der Waals surface area (Å²) in [5.41, 5.74) is 3.49. The summed E-state index contributed by atoms with van der Waals surface area (Å²) in [5, 5.41) is 9.29. The van der Waals surface area contributed by atoms with E-state index >= 15 is 0 Å². The van der Waals surface area contributed by atoms with Crippen LogP contribution in [0.2, 0.25) is 10.0 Å². The SMILES string of the molecule is CCOc1cc(/C=N\NC(=O)C(=O)Nc2cccc(Cl)c2Cl)cc(I)c1OCC(=O)Nc1ccc(OC)cc1. The average Bonchev–Trinajstić information content (AvgIpc) is 2.91. The van der Waals surface area contributed by atoms with Crippen LogP contribution in [0.3, 0.4) is 0 Å². The van der Waals surface area contributed by atoms with E-state index in [1.807, 2.05) is 22.6 Å². The molecule has 0 fully saturated rings. The van der Waals surface area contributed by atoms with Crippen LogP contribution < -0.4 is 30.3 Å². The largest absolute Gasteiger partial charge is 0.497 e. The number of hydrogen-bond acceptors (Lipinski definition) is 7. The molecule has 0 unspecified atom stereocenters. The molecule has 0 aliphatic heterocycles. The van der Waals surface area contributed by atoms with E-state index in [-0.39, 0.29) is 28.2 Å². The summed E-state index contributed by atoms with van der Waals surface area (Å²) in [6.45, 7) is 1.89. The number of halogens is 3. The summed E-state index contributed by atoms with van der Waals surface area (Å²) in [6, 6.07) is 14.9. The number of methoxy groups -OCH3 is 1. The molecule has 39 heavy (non-hydrogen) atoms. The molecule has 0 bridgehead atoms. The van der Waals surface area contributed by atoms with Gasteiger partial charge in [-0.15, -0.1) is 0 Å². The van der Waals surface area contributed by atoms with Gasteiger partial charge in [0.1, 0.15) is 5.75 Å². The fourth-order valence-electron chi connectivity index (χ4n) is 3.07. The summed E-state index contributed by atoms with van der Waals surface area (Å²) >= 11 is 14.0. The molecule has 10 nitrogen and oxygen atoms in total. The second kappa shape index (κ2) is 14.6. The van der Waals surface area contributed by atoms with Gasteiger partial charge in [0.05, 0.1) is 39.2 Å². The molecule has 0 aliphatic rings. The lowest BCUT2D eigenvalue weighted by Gasteiger charge is -2.14. The number of ether oxygens (including phenoxy) is 3. The average molecular weight is 685 g/mol. The predicted molar refractivity (Wildman–Crippen MR) is 158 cm³/mol. The number of amides is 3. The molecular formula is C26H23Cl2IN4O6. The predicted octanol–water partition coefficient (Wildman–Crippen LogP) is 5.11. The first-order valence-electron chi connectivity index (χ1n) is 11.3. The van der Waals surface area contributed by atoms with E-state index in [0.717, 1.165) is 0 Å². The van der Waals surface area contributed by atoms with Crippen molar-refractivity contribution in [2.75, 3.05) is 31.0 Å². The number of hydrogen-bond donors (Lipinski definition) is 3. The highest BCUT2D eigenvalue weighted by Gasteiger charge is 2.16. The van der Waals surface area contributed by atoms with Crippen LogP contribution in [0.5, 0.6) is 17.2 Å². The van der Waals surface area contributed by atoms with Gasteiger partial charge in [-0.1, -0.05) is 29.3 Å². The van der Waals surface area contributed by atoms with Crippen molar-refractivity contribution in [1.82, 2.24) is 5.43 Å². The van der Waals surface area contributed by atoms with Crippen molar-refractivity contribution in [3.05, 3.63) is 73.8 Å². The van der Waals surface area contributed by atoms with Gasteiger partial charge in [0, 0.05) is 5.69 Å². The minimum atomic E-state index is -1.01. The monoisotopic (exact) mass is 684 g/mol. The van der Waals surface area contributed by atoms with Crippen molar-refractivity contribution in [3.8, 4) is 17.2 Å². The maximum Gasteiger partial charge on any atom is 0.329 e. The fourth-order valence-corrected chi connectivity index (χ4v) is 4.20. The number of carbonyl (C=O) groups excluding carboxylic acids is 3. The summed E-state index contributed by atoms with van der Waals surface area (Å²) in [4.78, 5) is 36.7. The third-order valence-corrected chi connectivity index (χ3v) is 6.46. The standard InChI is InChI=1S/C26H23Cl2IN4O6/c1-3-38-21-12-15(13-30-33-26(36)25(35)32-20-6-4-5-18(27)23(20)28)11-19(29)24(21)39-14-22(34)31-16-7-9-17(37-2)10-8-16/h4-13H,3,14H2,1-2H3,(H,31,34)(H,32,35)(H,33,36)/b30-13-. The van der Waals surface area contributed by atoms with Crippen LogP contribution in [-0.4, -0.2) is 44.3 Å². The number of nitrogens with one attached hydrogen (secondary N) is 3. The van der Waals surface area contributed by atoms with E-state index in [9.17, 15) is 14.4 Å². The Morgan fingerprint density at radius 1 is 1.00 bits per heavy atom. The maximum absolute atomic E-state index is 12.4. The van der Waals surface area contributed by atoms with Crippen LogP contribution in [0.1, 0.15) is 12.5 Å². The first kappa shape index (κ1) is 30.0. The molecule has 3 rings (SSSR count). The Hall–Kier alpha value is -3.55. The Balaban J connectivity index is 1.61. The van der Waals surface area contributed by atoms with Gasteiger partial charge < -0.3 is 24.8 Å². The van der Waals surface area contributed by atoms with Crippen molar-refractivity contribution in [1.29, 1.82) is 0 Å². The summed E-state index contributed by atoms with van der Waals surface area (Å²) in [5.74, 6) is -0.912. The smallest absolute Gasteiger partial charge is 0.329 e. The van der Waals surface area contributed by atoms with Gasteiger partial charge >= 0.3 is 11.8 Å². The zero-order chi connectivity index (χ0) is 28.4. The topological polar surface area (TPSA) is 127 Å². The highest BCUT2D eigenvalue weighted by Crippen LogP contribution is 2.34. The van der Waals surface area contributed by atoms with E-state index in [0.29, 0.717) is 38.7 Å². The number of nitrogens with zero attached hydrogens (tertiary/aromatic N) is 1. The number of benzene rings is 3. The van der Waals surface area contributed by atoms with E-state index in [4.69, 9.17) is 37.4 Å². The van der Waals surface area contributed by atoms with Crippen molar-refractivity contribution in [2.45, 2.75) is 6.92 Å². The van der Waals surface area contributed by atoms with Gasteiger partial charge in [-0.25, -0.2) is 5.43 Å². The molecule has 0 heterocycles. The van der Waals surface area contributed by atoms with Gasteiger partial charge in [0.25, 0.3) is 5.91 Å². The molecule has 0 saturated heterocycles. The Morgan fingerprint density at radius 3 is 2.44 bits per heavy atom. The molecule has 3 aromatic rings. The summed E-state index contributed by atoms with van der Waals surface area (Å²) in [7, 11) is 1.56. The molecule has 0 aliphatic carbocycles. The molecule has 3 N–H and O–H groups in total. The van der Waals surface area contributed by atoms with Crippen LogP contribution in [0.25, 0.3) is 0 Å². The van der Waals surface area contributed by atoms with Crippen molar-refractivity contribution < 1.29 is 28.6 Å². The highest BCUT2D eigenvalue weighted by molar-refractivity contribution is 14.1. The van der Waals surface area contributed by atoms with Crippen LogP contribution in [0.15, 0.2) is 59.7 Å². The number of anilines is 2. The van der Waals surface area contributed by atoms with Gasteiger partial charge in [-0.05, 0) is 83.6 Å². The summed E-state index contributed by atoms with van der Waals surface area (Å²) in [6.07, 6.45) is 1.34. The molecule has 3 aromatic carbocycles. The first-order valence-corrected chi connectivity index (χ1v) is 13.2. The van der Waals surface area contributed by atoms with Crippen LogP contribution in [-0.2, 0) is 14.4 Å². The van der Waals surface area contributed by atoms with Gasteiger partial charge in [0.15, 0.2) is 18.1 Å². The number of carbonyl (C=O) groups is 3. The minimum absolute atomic E-state index is 0.113. The summed E-state index contributed by atoms with van der Waals surface area (Å²) < 4.78 is 17.2. The third-order valence-electron chi connectivity index (χ3n) is 4.84. The van der Waals surface area contributed by atoms with E-state index in [1.54, 1.807) is 62.6 Å². The van der Waals surface area contributed by atoms with Crippen molar-refractivity contribution in [3.63, 3.8) is 0 Å². The highest BCUT2D eigenvalue weighted by atomic mass is 127. The van der Waals surface area contributed by atoms with Crippen molar-refractivity contribution in [2.24, 2.45) is 5.10 Å². The molecule has 204 valence electrons. The van der Waals surface area contributed by atoms with Crippen LogP contribution in [0, 0.1) is 3.57 Å². The molecule has 0 aromatic heterocycles. The minimum Gasteiger partial charge on any atom is -0.497 e. The third kappa shape index (κ3) is 8.73. The number of rotatable bonds is 10. The van der Waals surface area contributed by atoms with E-state index in [2.05, 4.69) is 21.2 Å². The zero-order valence-corrected chi connectivity index (χ0v) is 24.4. The molecule has 0 saturated carbocycles. The molecular weight excluding hydrogens is 662 g/mol. The molecule has 13 heteroatoms. The second-order valence-electron chi connectivity index (χ2n) is 7.58. The second-order valence-corrected chi connectivity index (χ2v) is 9.53. The maximum atomic E-state index is 12.4. The lowest BCUT2D eigenvalue weighted by atomic mass is 10.2. The van der Waals surface area contributed by atoms with Gasteiger partial charge in [-0.3, -0.25) is 14.4 Å². The fraction of sp³-hybridized carbons (Fsp3) is 0.154. The zero-order valence-electron chi connectivity index (χ0n) is 20.7. The molecule has 0 spiro atoms. The quantitative estimate of drug-likeness (QED) is 0.118. The first-order chi connectivity index (χ1) is 18.7. The van der Waals surface area contributed by atoms with E-state index in [1.165, 1.54) is 12.3 Å². The lowest BCUT2D eigenvalue weighted by Crippen LogP contribution is -2.32. The molecule has 3 amide bonds. The number of hydrazone groups is 1. The lowest BCUT2D eigenvalue weighted by molar-refractivity contribution is -0.136. The van der Waals surface area contributed by atoms with Crippen LogP contribution >= 0.6 is 45.8 Å². The Morgan fingerprint density at radius 2 is 1.74 bits per heavy atom.